The fourth-order valence-electron chi connectivity index (χ4n) is 3.18. The van der Waals surface area contributed by atoms with Crippen LogP contribution in [0.25, 0.3) is 16.9 Å². The highest BCUT2D eigenvalue weighted by Crippen LogP contribution is 2.31. The Balaban J connectivity index is 1.36. The van der Waals surface area contributed by atoms with Crippen LogP contribution < -0.4 is 14.8 Å². The SMILES string of the molecule is Cc1nnc2ccc(-c3cccc(NC(=O)C4COc5ccccc5O4)c3)nn12. The van der Waals surface area contributed by atoms with Gasteiger partial charge in [-0.05, 0) is 43.3 Å². The van der Waals surface area contributed by atoms with Gasteiger partial charge in [0.25, 0.3) is 5.91 Å². The van der Waals surface area contributed by atoms with Gasteiger partial charge < -0.3 is 14.8 Å². The molecule has 2 aromatic heterocycles. The second-order valence-electron chi connectivity index (χ2n) is 6.67. The maximum atomic E-state index is 12.7. The van der Waals surface area contributed by atoms with Crippen molar-refractivity contribution >= 4 is 17.2 Å². The molecule has 1 N–H and O–H groups in total. The van der Waals surface area contributed by atoms with Crippen molar-refractivity contribution in [2.75, 3.05) is 11.9 Å². The summed E-state index contributed by atoms with van der Waals surface area (Å²) < 4.78 is 13.1. The van der Waals surface area contributed by atoms with E-state index >= 15 is 0 Å². The number of aromatic nitrogens is 4. The standard InChI is InChI=1S/C21H17N5O3/c1-13-23-24-20-10-9-16(25-26(13)20)14-5-4-6-15(11-14)22-21(27)19-12-28-17-7-2-3-8-18(17)29-19/h2-11,19H,12H2,1H3,(H,22,27). The van der Waals surface area contributed by atoms with Crippen LogP contribution in [-0.2, 0) is 4.79 Å². The molecule has 1 aliphatic rings. The third-order valence-corrected chi connectivity index (χ3v) is 4.65. The number of benzene rings is 2. The highest BCUT2D eigenvalue weighted by atomic mass is 16.6. The van der Waals surface area contributed by atoms with Crippen molar-refractivity contribution in [1.82, 2.24) is 19.8 Å². The van der Waals surface area contributed by atoms with Crippen LogP contribution in [0.3, 0.4) is 0 Å². The summed E-state index contributed by atoms with van der Waals surface area (Å²) in [5.41, 5.74) is 2.95. The van der Waals surface area contributed by atoms with E-state index in [2.05, 4.69) is 20.6 Å². The Hall–Kier alpha value is -3.94. The summed E-state index contributed by atoms with van der Waals surface area (Å²) in [6.45, 7) is 2.01. The van der Waals surface area contributed by atoms with Crippen LogP contribution in [0.4, 0.5) is 5.69 Å². The van der Waals surface area contributed by atoms with E-state index in [-0.39, 0.29) is 12.5 Å². The van der Waals surface area contributed by atoms with E-state index in [0.29, 0.717) is 28.7 Å². The van der Waals surface area contributed by atoms with Crippen LogP contribution in [0.1, 0.15) is 5.82 Å². The molecule has 5 rings (SSSR count). The molecule has 4 aromatic rings. The highest BCUT2D eigenvalue weighted by Gasteiger charge is 2.27. The zero-order valence-electron chi connectivity index (χ0n) is 15.6. The van der Waals surface area contributed by atoms with Gasteiger partial charge in [0.1, 0.15) is 6.61 Å². The first-order valence-corrected chi connectivity index (χ1v) is 9.16. The van der Waals surface area contributed by atoms with Crippen molar-refractivity contribution < 1.29 is 14.3 Å². The number of carbonyl (C=O) groups excluding carboxylic acids is 1. The summed E-state index contributed by atoms with van der Waals surface area (Å²) in [6.07, 6.45) is -0.720. The Morgan fingerprint density at radius 2 is 1.93 bits per heavy atom. The summed E-state index contributed by atoms with van der Waals surface area (Å²) in [6, 6.07) is 18.5. The molecule has 1 amide bonds. The van der Waals surface area contributed by atoms with E-state index in [1.54, 1.807) is 10.6 Å². The Labute approximate surface area is 166 Å². The predicted octanol–water partition coefficient (Wildman–Crippen LogP) is 2.88. The van der Waals surface area contributed by atoms with Crippen LogP contribution in [0.2, 0.25) is 0 Å². The molecule has 1 aliphatic heterocycles. The van der Waals surface area contributed by atoms with Crippen LogP contribution in [0, 0.1) is 6.92 Å². The number of rotatable bonds is 3. The van der Waals surface area contributed by atoms with Gasteiger partial charge in [-0.2, -0.15) is 9.61 Å². The Bertz CT molecular complexity index is 1220. The first-order valence-electron chi connectivity index (χ1n) is 9.16. The van der Waals surface area contributed by atoms with Gasteiger partial charge in [0.2, 0.25) is 6.10 Å². The molecule has 0 fully saturated rings. The van der Waals surface area contributed by atoms with Crippen LogP contribution in [0.5, 0.6) is 11.5 Å². The van der Waals surface area contributed by atoms with Gasteiger partial charge in [0, 0.05) is 11.3 Å². The summed E-state index contributed by atoms with van der Waals surface area (Å²) in [4.78, 5) is 12.7. The topological polar surface area (TPSA) is 90.6 Å². The van der Waals surface area contributed by atoms with E-state index < -0.39 is 6.10 Å². The molecule has 0 saturated carbocycles. The Morgan fingerprint density at radius 3 is 2.83 bits per heavy atom. The maximum Gasteiger partial charge on any atom is 0.269 e. The minimum absolute atomic E-state index is 0.160. The lowest BCUT2D eigenvalue weighted by Gasteiger charge is -2.25. The fraction of sp³-hybridized carbons (Fsp3) is 0.143. The second-order valence-corrected chi connectivity index (χ2v) is 6.67. The third kappa shape index (κ3) is 3.25. The summed E-state index contributed by atoms with van der Waals surface area (Å²) in [5.74, 6) is 1.65. The molecule has 8 nitrogen and oxygen atoms in total. The minimum Gasteiger partial charge on any atom is -0.485 e. The molecule has 1 unspecified atom stereocenters. The number of anilines is 1. The van der Waals surface area contributed by atoms with Gasteiger partial charge in [-0.3, -0.25) is 4.79 Å². The number of nitrogens with zero attached hydrogens (tertiary/aromatic N) is 4. The van der Waals surface area contributed by atoms with Gasteiger partial charge in [-0.15, -0.1) is 10.2 Å². The molecule has 0 saturated heterocycles. The number of nitrogens with one attached hydrogen (secondary N) is 1. The third-order valence-electron chi connectivity index (χ3n) is 4.65. The van der Waals surface area contributed by atoms with E-state index in [1.165, 1.54) is 0 Å². The van der Waals surface area contributed by atoms with Crippen molar-refractivity contribution in [3.63, 3.8) is 0 Å². The fourth-order valence-corrected chi connectivity index (χ4v) is 3.18. The number of amides is 1. The Kier molecular flexibility index (Phi) is 4.09. The second kappa shape index (κ2) is 6.90. The predicted molar refractivity (Wildman–Crippen MR) is 106 cm³/mol. The van der Waals surface area contributed by atoms with Crippen LogP contribution in [-0.4, -0.2) is 38.4 Å². The Morgan fingerprint density at radius 1 is 1.07 bits per heavy atom. The highest BCUT2D eigenvalue weighted by molar-refractivity contribution is 5.95. The van der Waals surface area contributed by atoms with Crippen molar-refractivity contribution in [1.29, 1.82) is 0 Å². The lowest BCUT2D eigenvalue weighted by atomic mass is 10.1. The van der Waals surface area contributed by atoms with Crippen molar-refractivity contribution in [2.45, 2.75) is 13.0 Å². The average molecular weight is 387 g/mol. The monoisotopic (exact) mass is 387 g/mol. The van der Waals surface area contributed by atoms with E-state index in [0.717, 1.165) is 11.3 Å². The summed E-state index contributed by atoms with van der Waals surface area (Å²) >= 11 is 0. The minimum atomic E-state index is -0.720. The van der Waals surface area contributed by atoms with Crippen LogP contribution >= 0.6 is 0 Å². The summed E-state index contributed by atoms with van der Waals surface area (Å²) in [5, 5.41) is 15.5. The first kappa shape index (κ1) is 17.2. The molecule has 0 spiro atoms. The number of para-hydroxylation sites is 2. The lowest BCUT2D eigenvalue weighted by Crippen LogP contribution is -2.40. The molecule has 144 valence electrons. The van der Waals surface area contributed by atoms with E-state index in [4.69, 9.17) is 9.47 Å². The smallest absolute Gasteiger partial charge is 0.269 e. The van der Waals surface area contributed by atoms with Crippen molar-refractivity contribution in [2.24, 2.45) is 0 Å². The lowest BCUT2D eigenvalue weighted by molar-refractivity contribution is -0.125. The van der Waals surface area contributed by atoms with E-state index in [9.17, 15) is 4.79 Å². The zero-order chi connectivity index (χ0) is 19.8. The largest absolute Gasteiger partial charge is 0.485 e. The van der Waals surface area contributed by atoms with Gasteiger partial charge in [-0.25, -0.2) is 0 Å². The molecule has 3 heterocycles. The van der Waals surface area contributed by atoms with Crippen molar-refractivity contribution in [3.8, 4) is 22.8 Å². The number of aryl methyl sites for hydroxylation is 1. The number of hydrogen-bond acceptors (Lipinski definition) is 6. The quantitative estimate of drug-likeness (QED) is 0.581. The molecule has 0 aliphatic carbocycles. The number of carbonyl (C=O) groups is 1. The molecule has 8 heteroatoms. The van der Waals surface area contributed by atoms with Gasteiger partial charge >= 0.3 is 0 Å². The van der Waals surface area contributed by atoms with Gasteiger partial charge in [0.05, 0.1) is 5.69 Å². The molecule has 2 aromatic carbocycles. The molecule has 0 bridgehead atoms. The molecule has 1 atom stereocenters. The molecule has 0 radical (unpaired) electrons. The molecule has 29 heavy (non-hydrogen) atoms. The van der Waals surface area contributed by atoms with Gasteiger partial charge in [-0.1, -0.05) is 24.3 Å². The maximum absolute atomic E-state index is 12.7. The normalized spacial score (nSPS) is 15.3. The number of fused-ring (bicyclic) bond motifs is 2. The average Bonchev–Trinajstić information content (AvgIpc) is 3.14. The zero-order valence-corrected chi connectivity index (χ0v) is 15.6. The van der Waals surface area contributed by atoms with Crippen molar-refractivity contribution in [3.05, 3.63) is 66.5 Å². The number of hydrogen-bond donors (Lipinski definition) is 1. The van der Waals surface area contributed by atoms with E-state index in [1.807, 2.05) is 61.5 Å². The van der Waals surface area contributed by atoms with Crippen LogP contribution in [0.15, 0.2) is 60.7 Å². The molecular weight excluding hydrogens is 370 g/mol. The summed E-state index contributed by atoms with van der Waals surface area (Å²) in [7, 11) is 0. The molecular formula is C21H17N5O3. The van der Waals surface area contributed by atoms with Gasteiger partial charge in [0.15, 0.2) is 23.0 Å². The first-order chi connectivity index (χ1) is 14.2. The number of ether oxygens (including phenoxy) is 2.